The van der Waals surface area contributed by atoms with Crippen molar-refractivity contribution in [1.29, 1.82) is 0 Å². The van der Waals surface area contributed by atoms with Crippen molar-refractivity contribution < 1.29 is 0 Å². The summed E-state index contributed by atoms with van der Waals surface area (Å²) in [6.07, 6.45) is 11.0. The predicted molar refractivity (Wildman–Crippen MR) is 188 cm³/mol. The summed E-state index contributed by atoms with van der Waals surface area (Å²) in [5.41, 5.74) is 11.9. The summed E-state index contributed by atoms with van der Waals surface area (Å²) in [7, 11) is 0. The highest BCUT2D eigenvalue weighted by Crippen LogP contribution is 2.36. The zero-order chi connectivity index (χ0) is 30.0. The summed E-state index contributed by atoms with van der Waals surface area (Å²) in [6, 6.07) is 26.0. The van der Waals surface area contributed by atoms with Crippen LogP contribution in [0.15, 0.2) is 86.0 Å². The number of pyridine rings is 1. The second-order valence-corrected chi connectivity index (χ2v) is 13.3. The molecule has 2 aliphatic rings. The average Bonchev–Trinajstić information content (AvgIpc) is 3.48. The van der Waals surface area contributed by atoms with Crippen molar-refractivity contribution in [3.63, 3.8) is 0 Å². The number of fused-ring (bicyclic) bond motifs is 2. The Hall–Kier alpha value is -4.22. The third-order valence-electron chi connectivity index (χ3n) is 9.55. The number of nitrogens with zero attached hydrogens (tertiary/aromatic N) is 3. The SMILES string of the molecule is C=Cc1nc(N2CCc3cccc(C(=C)Nc4nc5ccccc5s4)c3C2)ccc1-c1cccc(CC2CCCCC2)c1C. The van der Waals surface area contributed by atoms with Crippen molar-refractivity contribution in [3.8, 4) is 11.1 Å². The molecule has 222 valence electrons. The first kappa shape index (κ1) is 28.5. The fourth-order valence-electron chi connectivity index (χ4n) is 7.10. The van der Waals surface area contributed by atoms with Gasteiger partial charge >= 0.3 is 0 Å². The van der Waals surface area contributed by atoms with Crippen molar-refractivity contribution in [1.82, 2.24) is 9.97 Å². The Morgan fingerprint density at radius 3 is 2.64 bits per heavy atom. The van der Waals surface area contributed by atoms with Gasteiger partial charge in [0.1, 0.15) is 5.82 Å². The molecule has 5 heteroatoms. The maximum atomic E-state index is 5.18. The van der Waals surface area contributed by atoms with E-state index in [1.54, 1.807) is 11.3 Å². The van der Waals surface area contributed by atoms with E-state index >= 15 is 0 Å². The van der Waals surface area contributed by atoms with Gasteiger partial charge in [0.05, 0.1) is 15.9 Å². The number of thiazole rings is 1. The Balaban J connectivity index is 1.13. The lowest BCUT2D eigenvalue weighted by Crippen LogP contribution is -2.32. The minimum Gasteiger partial charge on any atom is -0.352 e. The van der Waals surface area contributed by atoms with Crippen LogP contribution in [0.2, 0.25) is 0 Å². The quantitative estimate of drug-likeness (QED) is 0.194. The molecule has 5 aromatic rings. The van der Waals surface area contributed by atoms with Crippen molar-refractivity contribution in [2.75, 3.05) is 16.8 Å². The third-order valence-corrected chi connectivity index (χ3v) is 10.5. The van der Waals surface area contributed by atoms with E-state index in [2.05, 4.69) is 91.0 Å². The van der Waals surface area contributed by atoms with Crippen LogP contribution < -0.4 is 10.2 Å². The topological polar surface area (TPSA) is 41.1 Å². The molecule has 0 radical (unpaired) electrons. The van der Waals surface area contributed by atoms with E-state index in [9.17, 15) is 0 Å². The van der Waals surface area contributed by atoms with Gasteiger partial charge in [-0.2, -0.15) is 0 Å². The molecule has 0 bridgehead atoms. The number of rotatable bonds is 8. The molecule has 3 heterocycles. The second kappa shape index (κ2) is 12.4. The van der Waals surface area contributed by atoms with Crippen LogP contribution in [0.4, 0.5) is 10.9 Å². The monoisotopic (exact) mass is 596 g/mol. The highest BCUT2D eigenvalue weighted by atomic mass is 32.1. The molecule has 0 amide bonds. The lowest BCUT2D eigenvalue weighted by atomic mass is 9.83. The van der Waals surface area contributed by atoms with Gasteiger partial charge in [-0.3, -0.25) is 0 Å². The highest BCUT2D eigenvalue weighted by molar-refractivity contribution is 7.22. The normalized spacial score (nSPS) is 15.2. The number of para-hydroxylation sites is 1. The van der Waals surface area contributed by atoms with E-state index in [4.69, 9.17) is 9.97 Å². The van der Waals surface area contributed by atoms with Gasteiger partial charge in [0, 0.05) is 29.9 Å². The smallest absolute Gasteiger partial charge is 0.188 e. The van der Waals surface area contributed by atoms with Gasteiger partial charge in [0.15, 0.2) is 5.13 Å². The van der Waals surface area contributed by atoms with Gasteiger partial charge in [-0.05, 0) is 83.8 Å². The van der Waals surface area contributed by atoms with Crippen LogP contribution in [0.5, 0.6) is 0 Å². The van der Waals surface area contributed by atoms with E-state index in [0.717, 1.165) is 58.8 Å². The van der Waals surface area contributed by atoms with E-state index < -0.39 is 0 Å². The summed E-state index contributed by atoms with van der Waals surface area (Å²) in [4.78, 5) is 12.3. The van der Waals surface area contributed by atoms with Gasteiger partial charge in [0.25, 0.3) is 0 Å². The van der Waals surface area contributed by atoms with Crippen LogP contribution >= 0.6 is 11.3 Å². The van der Waals surface area contributed by atoms with Gasteiger partial charge in [-0.25, -0.2) is 9.97 Å². The van der Waals surface area contributed by atoms with Gasteiger partial charge < -0.3 is 10.2 Å². The summed E-state index contributed by atoms with van der Waals surface area (Å²) in [5.74, 6) is 1.81. The van der Waals surface area contributed by atoms with E-state index in [-0.39, 0.29) is 0 Å². The molecular formula is C39H40N4S. The predicted octanol–water partition coefficient (Wildman–Crippen LogP) is 10.1. The minimum absolute atomic E-state index is 0.783. The molecule has 4 nitrogen and oxygen atoms in total. The molecule has 1 aliphatic heterocycles. The van der Waals surface area contributed by atoms with E-state index in [0.29, 0.717) is 0 Å². The number of aromatic nitrogens is 2. The Morgan fingerprint density at radius 1 is 0.955 bits per heavy atom. The van der Waals surface area contributed by atoms with Crippen LogP contribution in [0.3, 0.4) is 0 Å². The molecule has 0 saturated heterocycles. The summed E-state index contributed by atoms with van der Waals surface area (Å²) < 4.78 is 1.17. The first-order valence-electron chi connectivity index (χ1n) is 16.0. The fraction of sp³-hybridized carbons (Fsp3) is 0.282. The Kier molecular flexibility index (Phi) is 8.05. The van der Waals surface area contributed by atoms with Crippen molar-refractivity contribution in [3.05, 3.63) is 119 Å². The standard InChI is InChI=1S/C39H40N4S/c1-4-35-33(31-16-11-15-30(26(31)2)24-28-12-6-5-7-13-28)20-21-38(41-35)43-23-22-29-14-10-17-32(34(29)25-43)27(3)40-39-42-36-18-8-9-19-37(36)44-39/h4,8-11,14-21,28H,1,3,5-7,12-13,22-25H2,2H3,(H,40,42). The lowest BCUT2D eigenvalue weighted by Gasteiger charge is -2.32. The Labute approximate surface area is 265 Å². The Bertz CT molecular complexity index is 1810. The van der Waals surface area contributed by atoms with Crippen molar-refractivity contribution >= 4 is 44.3 Å². The van der Waals surface area contributed by atoms with Crippen LogP contribution in [0.25, 0.3) is 33.1 Å². The number of nitrogens with one attached hydrogen (secondary N) is 1. The molecule has 44 heavy (non-hydrogen) atoms. The van der Waals surface area contributed by atoms with Gasteiger partial charge in [0.2, 0.25) is 0 Å². The molecule has 1 saturated carbocycles. The number of anilines is 2. The van der Waals surface area contributed by atoms with Crippen LogP contribution in [0, 0.1) is 12.8 Å². The molecule has 2 aromatic heterocycles. The highest BCUT2D eigenvalue weighted by Gasteiger charge is 2.23. The maximum absolute atomic E-state index is 5.18. The zero-order valence-electron chi connectivity index (χ0n) is 25.6. The molecule has 3 aromatic carbocycles. The summed E-state index contributed by atoms with van der Waals surface area (Å²) >= 11 is 1.66. The number of hydrogen-bond acceptors (Lipinski definition) is 5. The van der Waals surface area contributed by atoms with Crippen molar-refractivity contribution in [2.24, 2.45) is 5.92 Å². The molecule has 1 N–H and O–H groups in total. The Morgan fingerprint density at radius 2 is 1.80 bits per heavy atom. The fourth-order valence-corrected chi connectivity index (χ4v) is 7.99. The lowest BCUT2D eigenvalue weighted by molar-refractivity contribution is 0.356. The van der Waals surface area contributed by atoms with E-state index in [1.807, 2.05) is 18.2 Å². The van der Waals surface area contributed by atoms with E-state index in [1.165, 1.54) is 76.6 Å². The molecule has 7 rings (SSSR count). The van der Waals surface area contributed by atoms with Crippen molar-refractivity contribution in [2.45, 2.75) is 58.4 Å². The molecular weight excluding hydrogens is 557 g/mol. The molecule has 1 fully saturated rings. The first-order valence-corrected chi connectivity index (χ1v) is 16.8. The van der Waals surface area contributed by atoms with Crippen LogP contribution in [-0.2, 0) is 19.4 Å². The average molecular weight is 597 g/mol. The van der Waals surface area contributed by atoms with Gasteiger partial charge in [-0.15, -0.1) is 0 Å². The number of hydrogen-bond donors (Lipinski definition) is 1. The van der Waals surface area contributed by atoms with Crippen LogP contribution in [-0.4, -0.2) is 16.5 Å². The summed E-state index contributed by atoms with van der Waals surface area (Å²) in [6.45, 7) is 12.6. The first-order chi connectivity index (χ1) is 21.6. The summed E-state index contributed by atoms with van der Waals surface area (Å²) in [5, 5.41) is 4.37. The minimum atomic E-state index is 0.783. The molecule has 0 spiro atoms. The zero-order valence-corrected chi connectivity index (χ0v) is 26.4. The molecule has 1 aliphatic carbocycles. The van der Waals surface area contributed by atoms with Crippen LogP contribution in [0.1, 0.15) is 65.6 Å². The van der Waals surface area contributed by atoms with Gasteiger partial charge in [-0.1, -0.05) is 105 Å². The second-order valence-electron chi connectivity index (χ2n) is 12.3. The largest absolute Gasteiger partial charge is 0.352 e. The third kappa shape index (κ3) is 5.69. The molecule has 0 unspecified atom stereocenters. The molecule has 0 atom stereocenters. The maximum Gasteiger partial charge on any atom is 0.188 e. The number of benzene rings is 3.